The number of aliphatic hydroxyl groups is 1. The van der Waals surface area contributed by atoms with Crippen molar-refractivity contribution in [3.63, 3.8) is 0 Å². The Labute approximate surface area is 98.3 Å². The Bertz CT molecular complexity index is 576. The lowest BCUT2D eigenvalue weighted by molar-refractivity contribution is -0.144. The van der Waals surface area contributed by atoms with E-state index in [4.69, 9.17) is 0 Å². The Balaban J connectivity index is 2.59. The van der Waals surface area contributed by atoms with E-state index in [1.54, 1.807) is 18.5 Å². The third kappa shape index (κ3) is 1.68. The van der Waals surface area contributed by atoms with Crippen molar-refractivity contribution in [1.82, 2.24) is 9.55 Å². The van der Waals surface area contributed by atoms with Gasteiger partial charge in [-0.25, -0.2) is 4.98 Å². The van der Waals surface area contributed by atoms with Crippen LogP contribution in [0.1, 0.15) is 12.5 Å². The third-order valence-corrected chi connectivity index (χ3v) is 3.15. The second-order valence-corrected chi connectivity index (χ2v) is 4.35. The van der Waals surface area contributed by atoms with Crippen molar-refractivity contribution in [1.29, 1.82) is 0 Å². The van der Waals surface area contributed by atoms with E-state index < -0.39 is 18.0 Å². The van der Waals surface area contributed by atoms with Crippen molar-refractivity contribution in [3.05, 3.63) is 30.1 Å². The highest BCUT2D eigenvalue weighted by Crippen LogP contribution is 2.26. The van der Waals surface area contributed by atoms with Crippen LogP contribution in [-0.2, 0) is 17.3 Å². The second kappa shape index (κ2) is 3.85. The van der Waals surface area contributed by atoms with Gasteiger partial charge in [-0.15, -0.1) is 0 Å². The molecule has 0 spiro atoms. The zero-order chi connectivity index (χ0) is 12.6. The molecule has 1 aromatic heterocycles. The van der Waals surface area contributed by atoms with Crippen molar-refractivity contribution in [2.45, 2.75) is 12.3 Å². The van der Waals surface area contributed by atoms with Crippen molar-refractivity contribution >= 4 is 17.0 Å². The lowest BCUT2D eigenvalue weighted by Gasteiger charge is -2.22. The minimum atomic E-state index is -1.29. The van der Waals surface area contributed by atoms with Crippen LogP contribution in [0, 0.1) is 0 Å². The molecule has 5 heteroatoms. The van der Waals surface area contributed by atoms with E-state index in [2.05, 4.69) is 4.98 Å². The van der Waals surface area contributed by atoms with Gasteiger partial charge in [0.2, 0.25) is 0 Å². The number of fused-ring (bicyclic) bond motifs is 1. The Morgan fingerprint density at radius 2 is 2.24 bits per heavy atom. The van der Waals surface area contributed by atoms with Crippen molar-refractivity contribution in [3.8, 4) is 0 Å². The Morgan fingerprint density at radius 1 is 1.53 bits per heavy atom. The fraction of sp³-hybridized carbons (Fsp3) is 0.333. The molecule has 0 radical (unpaired) electrons. The number of hydrogen-bond donors (Lipinski definition) is 2. The van der Waals surface area contributed by atoms with Gasteiger partial charge in [0.1, 0.15) is 5.41 Å². The number of benzene rings is 1. The highest BCUT2D eigenvalue weighted by Gasteiger charge is 2.34. The number of aromatic nitrogens is 2. The molecule has 0 aliphatic rings. The summed E-state index contributed by atoms with van der Waals surface area (Å²) < 4.78 is 1.86. The number of aryl methyl sites for hydroxylation is 1. The van der Waals surface area contributed by atoms with Gasteiger partial charge in [0.15, 0.2) is 0 Å². The molecule has 1 unspecified atom stereocenters. The summed E-state index contributed by atoms with van der Waals surface area (Å²) in [5, 5.41) is 18.5. The molecular weight excluding hydrogens is 220 g/mol. The molecule has 0 amide bonds. The van der Waals surface area contributed by atoms with Gasteiger partial charge in [0, 0.05) is 7.05 Å². The largest absolute Gasteiger partial charge is 0.481 e. The molecule has 0 aliphatic heterocycles. The summed E-state index contributed by atoms with van der Waals surface area (Å²) in [6.07, 6.45) is 1.67. The number of hydrogen-bond acceptors (Lipinski definition) is 3. The Hall–Kier alpha value is -1.88. The summed E-state index contributed by atoms with van der Waals surface area (Å²) in [4.78, 5) is 15.4. The molecule has 5 nitrogen and oxygen atoms in total. The summed E-state index contributed by atoms with van der Waals surface area (Å²) in [6, 6.07) is 5.24. The summed E-state index contributed by atoms with van der Waals surface area (Å²) in [5.41, 5.74) is 0.926. The molecule has 0 saturated carbocycles. The topological polar surface area (TPSA) is 75.3 Å². The number of aliphatic hydroxyl groups excluding tert-OH is 1. The Kier molecular flexibility index (Phi) is 2.63. The van der Waals surface area contributed by atoms with Gasteiger partial charge in [0.05, 0.1) is 24.0 Å². The number of nitrogens with zero attached hydrogens (tertiary/aromatic N) is 2. The molecule has 2 rings (SSSR count). The van der Waals surface area contributed by atoms with E-state index in [1.165, 1.54) is 6.92 Å². The van der Waals surface area contributed by atoms with E-state index in [0.29, 0.717) is 5.56 Å². The predicted molar refractivity (Wildman–Crippen MR) is 62.8 cm³/mol. The number of carboxylic acids is 1. The minimum Gasteiger partial charge on any atom is -0.481 e. The molecule has 1 aromatic carbocycles. The van der Waals surface area contributed by atoms with Gasteiger partial charge >= 0.3 is 5.97 Å². The summed E-state index contributed by atoms with van der Waals surface area (Å²) >= 11 is 0. The predicted octanol–water partition coefficient (Wildman–Crippen LogP) is 0.908. The average Bonchev–Trinajstić information content (AvgIpc) is 2.69. The number of aliphatic carboxylic acids is 1. The molecular formula is C12H14N2O3. The lowest BCUT2D eigenvalue weighted by Crippen LogP contribution is -2.36. The molecule has 0 fully saturated rings. The maximum Gasteiger partial charge on any atom is 0.316 e. The van der Waals surface area contributed by atoms with Crippen LogP contribution in [0.25, 0.3) is 11.0 Å². The second-order valence-electron chi connectivity index (χ2n) is 4.35. The fourth-order valence-electron chi connectivity index (χ4n) is 1.76. The van der Waals surface area contributed by atoms with E-state index in [-0.39, 0.29) is 0 Å². The van der Waals surface area contributed by atoms with Gasteiger partial charge in [-0.1, -0.05) is 6.07 Å². The van der Waals surface area contributed by atoms with E-state index in [1.807, 2.05) is 17.7 Å². The minimum absolute atomic E-state index is 0.444. The van der Waals surface area contributed by atoms with Crippen molar-refractivity contribution in [2.24, 2.45) is 7.05 Å². The summed E-state index contributed by atoms with van der Waals surface area (Å²) in [5.74, 6) is -1.05. The molecule has 1 atom stereocenters. The quantitative estimate of drug-likeness (QED) is 0.827. The van der Waals surface area contributed by atoms with E-state index >= 15 is 0 Å². The maximum atomic E-state index is 11.2. The SMILES string of the molecule is Cn1cnc2cc(C(C)(CO)C(=O)O)ccc21. The molecule has 2 N–H and O–H groups in total. The van der Waals surface area contributed by atoms with Crippen LogP contribution in [0.4, 0.5) is 0 Å². The normalized spacial score (nSPS) is 14.8. The van der Waals surface area contributed by atoms with Gasteiger partial charge < -0.3 is 14.8 Å². The lowest BCUT2D eigenvalue weighted by atomic mass is 9.83. The molecule has 1 heterocycles. The standard InChI is InChI=1S/C12H14N2O3/c1-12(6-15,11(16)17)8-3-4-10-9(5-8)13-7-14(10)2/h3-5,7,15H,6H2,1-2H3,(H,16,17). The van der Waals surface area contributed by atoms with Gasteiger partial charge in [-0.05, 0) is 24.6 Å². The number of carboxylic acid groups (broad SMARTS) is 1. The molecule has 17 heavy (non-hydrogen) atoms. The highest BCUT2D eigenvalue weighted by molar-refractivity contribution is 5.84. The first kappa shape index (κ1) is 11.6. The van der Waals surface area contributed by atoms with Gasteiger partial charge in [0.25, 0.3) is 0 Å². The zero-order valence-corrected chi connectivity index (χ0v) is 9.71. The van der Waals surface area contributed by atoms with Crippen LogP contribution in [0.5, 0.6) is 0 Å². The van der Waals surface area contributed by atoms with Crippen LogP contribution < -0.4 is 0 Å². The smallest absolute Gasteiger partial charge is 0.316 e. The van der Waals surface area contributed by atoms with Gasteiger partial charge in [-0.2, -0.15) is 0 Å². The first-order valence-electron chi connectivity index (χ1n) is 5.25. The van der Waals surface area contributed by atoms with Gasteiger partial charge in [-0.3, -0.25) is 4.79 Å². The number of carbonyl (C=O) groups is 1. The first-order chi connectivity index (χ1) is 7.99. The number of rotatable bonds is 3. The molecule has 90 valence electrons. The van der Waals surface area contributed by atoms with Crippen LogP contribution in [0.2, 0.25) is 0 Å². The monoisotopic (exact) mass is 234 g/mol. The molecule has 2 aromatic rings. The van der Waals surface area contributed by atoms with E-state index in [9.17, 15) is 15.0 Å². The average molecular weight is 234 g/mol. The Morgan fingerprint density at radius 3 is 2.82 bits per heavy atom. The van der Waals surface area contributed by atoms with Crippen LogP contribution >= 0.6 is 0 Å². The van der Waals surface area contributed by atoms with Crippen LogP contribution in [0.15, 0.2) is 24.5 Å². The number of imidazole rings is 1. The third-order valence-electron chi connectivity index (χ3n) is 3.15. The molecule has 0 saturated heterocycles. The summed E-state index contributed by atoms with van der Waals surface area (Å²) in [6.45, 7) is 1.06. The van der Waals surface area contributed by atoms with Crippen LogP contribution in [-0.4, -0.2) is 32.3 Å². The molecule has 0 aliphatic carbocycles. The molecule has 0 bridgehead atoms. The first-order valence-corrected chi connectivity index (χ1v) is 5.25. The van der Waals surface area contributed by atoms with Crippen LogP contribution in [0.3, 0.4) is 0 Å². The van der Waals surface area contributed by atoms with Crippen molar-refractivity contribution < 1.29 is 15.0 Å². The summed E-state index contributed by atoms with van der Waals surface area (Å²) in [7, 11) is 1.87. The maximum absolute atomic E-state index is 11.2. The van der Waals surface area contributed by atoms with Crippen molar-refractivity contribution in [2.75, 3.05) is 6.61 Å². The van der Waals surface area contributed by atoms with E-state index in [0.717, 1.165) is 11.0 Å². The fourth-order valence-corrected chi connectivity index (χ4v) is 1.76. The highest BCUT2D eigenvalue weighted by atomic mass is 16.4. The zero-order valence-electron chi connectivity index (χ0n) is 9.71.